The first-order valence-electron chi connectivity index (χ1n) is 7.26. The average Bonchev–Trinajstić information content (AvgIpc) is 2.53. The van der Waals surface area contributed by atoms with Gasteiger partial charge in [0.05, 0.1) is 6.61 Å². The van der Waals surface area contributed by atoms with Crippen LogP contribution in [0.1, 0.15) is 24.1 Å². The number of hydrogen-bond donors (Lipinski definition) is 1. The van der Waals surface area contributed by atoms with Crippen LogP contribution in [0.4, 0.5) is 0 Å². The van der Waals surface area contributed by atoms with Crippen LogP contribution in [0.3, 0.4) is 0 Å². The fourth-order valence-corrected chi connectivity index (χ4v) is 2.09. The number of benzene rings is 2. The van der Waals surface area contributed by atoms with Crippen LogP contribution in [0, 0.1) is 0 Å². The van der Waals surface area contributed by atoms with Gasteiger partial charge in [0, 0.05) is 13.2 Å². The summed E-state index contributed by atoms with van der Waals surface area (Å²) < 4.78 is 11.0. The Bertz CT molecular complexity index is 551. The minimum absolute atomic E-state index is 0.310. The molecule has 2 rings (SSSR count). The Balaban J connectivity index is 2.04. The molecule has 0 heterocycles. The van der Waals surface area contributed by atoms with Crippen molar-refractivity contribution in [1.82, 2.24) is 5.32 Å². The second-order valence-corrected chi connectivity index (χ2v) is 5.07. The normalized spacial score (nSPS) is 12.1. The van der Waals surface area contributed by atoms with Gasteiger partial charge in [-0.1, -0.05) is 24.3 Å². The van der Waals surface area contributed by atoms with Crippen LogP contribution in [-0.2, 0) is 11.2 Å². The van der Waals surface area contributed by atoms with Crippen LogP contribution >= 0.6 is 0 Å². The molecule has 2 aromatic rings. The van der Waals surface area contributed by atoms with Crippen molar-refractivity contribution in [3.8, 4) is 11.5 Å². The van der Waals surface area contributed by atoms with Gasteiger partial charge in [0.2, 0.25) is 0 Å². The van der Waals surface area contributed by atoms with Crippen molar-refractivity contribution in [2.45, 2.75) is 19.4 Å². The van der Waals surface area contributed by atoms with Gasteiger partial charge in [-0.2, -0.15) is 0 Å². The van der Waals surface area contributed by atoms with E-state index in [0.29, 0.717) is 6.04 Å². The van der Waals surface area contributed by atoms with Crippen LogP contribution in [0.2, 0.25) is 0 Å². The maximum atomic E-state index is 5.91. The van der Waals surface area contributed by atoms with Crippen LogP contribution < -0.4 is 10.1 Å². The summed E-state index contributed by atoms with van der Waals surface area (Å²) in [5, 5.41) is 3.23. The van der Waals surface area contributed by atoms with E-state index in [-0.39, 0.29) is 0 Å². The first-order chi connectivity index (χ1) is 10.2. The number of ether oxygens (including phenoxy) is 2. The van der Waals surface area contributed by atoms with Crippen LogP contribution in [0.15, 0.2) is 48.5 Å². The summed E-state index contributed by atoms with van der Waals surface area (Å²) >= 11 is 0. The van der Waals surface area contributed by atoms with Gasteiger partial charge in [0.25, 0.3) is 0 Å². The van der Waals surface area contributed by atoms with E-state index in [9.17, 15) is 0 Å². The van der Waals surface area contributed by atoms with E-state index < -0.39 is 0 Å². The third-order valence-electron chi connectivity index (χ3n) is 3.55. The van der Waals surface area contributed by atoms with E-state index in [1.165, 1.54) is 11.1 Å². The second-order valence-electron chi connectivity index (χ2n) is 5.07. The molecule has 0 amide bonds. The zero-order valence-corrected chi connectivity index (χ0v) is 12.9. The van der Waals surface area contributed by atoms with E-state index in [0.717, 1.165) is 24.5 Å². The molecule has 21 heavy (non-hydrogen) atoms. The Morgan fingerprint density at radius 1 is 1.05 bits per heavy atom. The number of nitrogens with one attached hydrogen (secondary N) is 1. The molecule has 1 N–H and O–H groups in total. The maximum Gasteiger partial charge on any atom is 0.127 e. The number of methoxy groups -OCH3 is 1. The fourth-order valence-electron chi connectivity index (χ4n) is 2.09. The van der Waals surface area contributed by atoms with Crippen molar-refractivity contribution in [2.24, 2.45) is 0 Å². The summed E-state index contributed by atoms with van der Waals surface area (Å²) in [6.07, 6.45) is 0.923. The molecule has 0 saturated heterocycles. The van der Waals surface area contributed by atoms with Gasteiger partial charge in [0.1, 0.15) is 11.5 Å². The lowest BCUT2D eigenvalue weighted by Crippen LogP contribution is -2.11. The molecule has 1 atom stereocenters. The molecule has 112 valence electrons. The Morgan fingerprint density at radius 2 is 1.81 bits per heavy atom. The van der Waals surface area contributed by atoms with Gasteiger partial charge in [0.15, 0.2) is 0 Å². The number of rotatable bonds is 7. The fraction of sp³-hybridized carbons (Fsp3) is 0.333. The van der Waals surface area contributed by atoms with Crippen molar-refractivity contribution in [3.05, 3.63) is 59.7 Å². The molecular weight excluding hydrogens is 262 g/mol. The van der Waals surface area contributed by atoms with Gasteiger partial charge in [-0.05, 0) is 55.8 Å². The summed E-state index contributed by atoms with van der Waals surface area (Å²) in [7, 11) is 3.67. The van der Waals surface area contributed by atoms with Crippen molar-refractivity contribution in [2.75, 3.05) is 20.8 Å². The van der Waals surface area contributed by atoms with Crippen molar-refractivity contribution in [3.63, 3.8) is 0 Å². The molecule has 0 aliphatic carbocycles. The summed E-state index contributed by atoms with van der Waals surface area (Å²) in [5.41, 5.74) is 2.47. The minimum Gasteiger partial charge on any atom is -0.457 e. The lowest BCUT2D eigenvalue weighted by atomic mass is 10.1. The Kier molecular flexibility index (Phi) is 5.78. The molecule has 0 saturated carbocycles. The van der Waals surface area contributed by atoms with E-state index in [4.69, 9.17) is 9.47 Å². The van der Waals surface area contributed by atoms with E-state index in [1.54, 1.807) is 7.11 Å². The van der Waals surface area contributed by atoms with Crippen molar-refractivity contribution >= 4 is 0 Å². The van der Waals surface area contributed by atoms with Gasteiger partial charge >= 0.3 is 0 Å². The highest BCUT2D eigenvalue weighted by Crippen LogP contribution is 2.24. The van der Waals surface area contributed by atoms with Gasteiger partial charge in [-0.15, -0.1) is 0 Å². The van der Waals surface area contributed by atoms with E-state index >= 15 is 0 Å². The smallest absolute Gasteiger partial charge is 0.127 e. The summed E-state index contributed by atoms with van der Waals surface area (Å²) in [5.74, 6) is 1.71. The SMILES string of the molecule is CNC(C)c1cccc(Oc2ccc(CCOC)cc2)c1. The average molecular weight is 285 g/mol. The molecule has 2 aromatic carbocycles. The molecule has 3 nitrogen and oxygen atoms in total. The van der Waals surface area contributed by atoms with Gasteiger partial charge < -0.3 is 14.8 Å². The largest absolute Gasteiger partial charge is 0.457 e. The zero-order valence-electron chi connectivity index (χ0n) is 12.9. The predicted octanol–water partition coefficient (Wildman–Crippen LogP) is 3.95. The lowest BCUT2D eigenvalue weighted by Gasteiger charge is -2.12. The monoisotopic (exact) mass is 285 g/mol. The second kappa shape index (κ2) is 7.81. The van der Waals surface area contributed by atoms with Crippen molar-refractivity contribution in [1.29, 1.82) is 0 Å². The van der Waals surface area contributed by atoms with Gasteiger partial charge in [-0.25, -0.2) is 0 Å². The number of hydrogen-bond acceptors (Lipinski definition) is 3. The quantitative estimate of drug-likeness (QED) is 0.835. The molecule has 0 fully saturated rings. The van der Waals surface area contributed by atoms with Crippen LogP contribution in [0.5, 0.6) is 11.5 Å². The predicted molar refractivity (Wildman–Crippen MR) is 86.0 cm³/mol. The molecule has 0 bridgehead atoms. The highest BCUT2D eigenvalue weighted by atomic mass is 16.5. The Hall–Kier alpha value is -1.84. The molecule has 0 radical (unpaired) electrons. The third kappa shape index (κ3) is 4.59. The Labute approximate surface area is 126 Å². The summed E-state index contributed by atoms with van der Waals surface area (Å²) in [6.45, 7) is 2.87. The van der Waals surface area contributed by atoms with E-state index in [2.05, 4.69) is 36.5 Å². The molecule has 0 aliphatic heterocycles. The minimum atomic E-state index is 0.310. The highest BCUT2D eigenvalue weighted by Gasteiger charge is 2.04. The maximum absolute atomic E-state index is 5.91. The molecule has 0 spiro atoms. The van der Waals surface area contributed by atoms with Crippen LogP contribution in [-0.4, -0.2) is 20.8 Å². The molecule has 1 unspecified atom stereocenters. The topological polar surface area (TPSA) is 30.5 Å². The van der Waals surface area contributed by atoms with E-state index in [1.807, 2.05) is 31.3 Å². The first kappa shape index (κ1) is 15.5. The van der Waals surface area contributed by atoms with Crippen molar-refractivity contribution < 1.29 is 9.47 Å². The summed E-state index contributed by atoms with van der Waals surface area (Å²) in [4.78, 5) is 0. The molecular formula is C18H23NO2. The van der Waals surface area contributed by atoms with Crippen LogP contribution in [0.25, 0.3) is 0 Å². The van der Waals surface area contributed by atoms with Gasteiger partial charge in [-0.3, -0.25) is 0 Å². The Morgan fingerprint density at radius 3 is 2.48 bits per heavy atom. The summed E-state index contributed by atoms with van der Waals surface area (Å²) in [6, 6.07) is 16.6. The first-order valence-corrected chi connectivity index (χ1v) is 7.26. The lowest BCUT2D eigenvalue weighted by molar-refractivity contribution is 0.202. The standard InChI is InChI=1S/C18H23NO2/c1-14(19-2)16-5-4-6-18(13-16)21-17-9-7-15(8-10-17)11-12-20-3/h4-10,13-14,19H,11-12H2,1-3H3. The zero-order chi connectivity index (χ0) is 15.1. The molecule has 0 aromatic heterocycles. The molecule has 0 aliphatic rings. The molecule has 3 heteroatoms. The highest BCUT2D eigenvalue weighted by molar-refractivity contribution is 5.36. The third-order valence-corrected chi connectivity index (χ3v) is 3.55.